The predicted octanol–water partition coefficient (Wildman–Crippen LogP) is 3.27. The van der Waals surface area contributed by atoms with E-state index in [9.17, 15) is 9.59 Å². The highest BCUT2D eigenvalue weighted by Crippen LogP contribution is 2.35. The van der Waals surface area contributed by atoms with Gasteiger partial charge in [0.05, 0.1) is 5.69 Å². The molecule has 29 heavy (non-hydrogen) atoms. The Bertz CT molecular complexity index is 721. The van der Waals surface area contributed by atoms with E-state index in [0.717, 1.165) is 18.5 Å². The summed E-state index contributed by atoms with van der Waals surface area (Å²) in [5.41, 5.74) is 1.72. The number of likely N-dealkylation sites (tertiary alicyclic amines) is 1. The maximum atomic E-state index is 12.8. The molecule has 2 atom stereocenters. The summed E-state index contributed by atoms with van der Waals surface area (Å²) in [6.07, 6.45) is 6.09. The number of fused-ring (bicyclic) bond motifs is 1. The van der Waals surface area contributed by atoms with Crippen molar-refractivity contribution in [3.8, 4) is 5.75 Å². The number of hydrogen-bond donors (Lipinski definition) is 1. The van der Waals surface area contributed by atoms with Gasteiger partial charge in [-0.25, -0.2) is 0 Å². The van der Waals surface area contributed by atoms with Crippen molar-refractivity contribution in [2.45, 2.75) is 71.4 Å². The molecule has 2 heterocycles. The van der Waals surface area contributed by atoms with Gasteiger partial charge in [-0.1, -0.05) is 26.3 Å². The molecular weight excluding hydrogens is 366 g/mol. The van der Waals surface area contributed by atoms with Crippen LogP contribution in [-0.4, -0.2) is 55.0 Å². The molecule has 0 unspecified atom stereocenters. The molecular formula is C23H35N3O3. The third kappa shape index (κ3) is 5.30. The molecule has 0 radical (unpaired) electrons. The van der Waals surface area contributed by atoms with Gasteiger partial charge in [-0.2, -0.15) is 0 Å². The molecule has 2 amide bonds. The number of aryl methyl sites for hydroxylation is 1. The zero-order valence-corrected chi connectivity index (χ0v) is 18.1. The van der Waals surface area contributed by atoms with Crippen molar-refractivity contribution in [1.29, 1.82) is 0 Å². The Labute approximate surface area is 174 Å². The molecule has 0 spiro atoms. The Kier molecular flexibility index (Phi) is 7.53. The number of benzene rings is 1. The van der Waals surface area contributed by atoms with Crippen molar-refractivity contribution in [3.05, 3.63) is 23.8 Å². The fourth-order valence-corrected chi connectivity index (χ4v) is 4.38. The van der Waals surface area contributed by atoms with Gasteiger partial charge < -0.3 is 15.0 Å². The third-order valence-corrected chi connectivity index (χ3v) is 6.05. The Morgan fingerprint density at radius 2 is 2.07 bits per heavy atom. The van der Waals surface area contributed by atoms with Crippen LogP contribution >= 0.6 is 0 Å². The molecule has 1 saturated heterocycles. The number of hydrogen-bond acceptors (Lipinski definition) is 4. The van der Waals surface area contributed by atoms with Crippen molar-refractivity contribution in [1.82, 2.24) is 10.2 Å². The van der Waals surface area contributed by atoms with E-state index in [1.165, 1.54) is 32.2 Å². The Morgan fingerprint density at radius 1 is 1.24 bits per heavy atom. The first-order valence-electron chi connectivity index (χ1n) is 11.1. The van der Waals surface area contributed by atoms with Gasteiger partial charge in [0.2, 0.25) is 5.91 Å². The minimum Gasteiger partial charge on any atom is -0.478 e. The first-order valence-corrected chi connectivity index (χ1v) is 11.1. The topological polar surface area (TPSA) is 61.9 Å². The Morgan fingerprint density at radius 3 is 2.83 bits per heavy atom. The summed E-state index contributed by atoms with van der Waals surface area (Å²) >= 11 is 0. The van der Waals surface area contributed by atoms with Gasteiger partial charge in [0.25, 0.3) is 5.91 Å². The number of carbonyl (C=O) groups is 2. The van der Waals surface area contributed by atoms with E-state index in [2.05, 4.69) is 17.1 Å². The van der Waals surface area contributed by atoms with E-state index in [0.29, 0.717) is 30.4 Å². The lowest BCUT2D eigenvalue weighted by atomic mass is 10.00. The van der Waals surface area contributed by atoms with Crippen LogP contribution in [0.1, 0.15) is 57.9 Å². The summed E-state index contributed by atoms with van der Waals surface area (Å²) < 4.78 is 5.82. The average Bonchev–Trinajstić information content (AvgIpc) is 2.73. The van der Waals surface area contributed by atoms with Gasteiger partial charge in [0, 0.05) is 19.1 Å². The first kappa shape index (κ1) is 21.6. The van der Waals surface area contributed by atoms with E-state index in [-0.39, 0.29) is 18.4 Å². The molecule has 0 bridgehead atoms. The highest BCUT2D eigenvalue weighted by Gasteiger charge is 2.34. The molecule has 6 heteroatoms. The molecule has 1 aromatic carbocycles. The van der Waals surface area contributed by atoms with Crippen LogP contribution < -0.4 is 15.0 Å². The molecule has 1 aromatic rings. The molecule has 3 rings (SSSR count). The molecule has 0 saturated carbocycles. The van der Waals surface area contributed by atoms with Crippen LogP contribution in [-0.2, 0) is 9.59 Å². The highest BCUT2D eigenvalue weighted by molar-refractivity contribution is 6.03. The van der Waals surface area contributed by atoms with Crippen molar-refractivity contribution < 1.29 is 14.3 Å². The summed E-state index contributed by atoms with van der Waals surface area (Å²) in [6.45, 7) is 9.02. The standard InChI is InChI=1S/C23H35N3O3/c1-4-18-9-6-7-13-25(18)14-8-12-24-22(27)16-26-19-15-17(3)10-11-21(19)29-20(5-2)23(26)28/h10-11,15,18,20H,4-9,12-14,16H2,1-3H3,(H,24,27)/t18-,20-/m1/s1. The fourth-order valence-electron chi connectivity index (χ4n) is 4.38. The highest BCUT2D eigenvalue weighted by atomic mass is 16.5. The maximum Gasteiger partial charge on any atom is 0.268 e. The summed E-state index contributed by atoms with van der Waals surface area (Å²) in [6, 6.07) is 6.45. The molecule has 2 aliphatic heterocycles. The summed E-state index contributed by atoms with van der Waals surface area (Å²) in [5, 5.41) is 3.00. The maximum absolute atomic E-state index is 12.8. The second kappa shape index (κ2) is 10.1. The second-order valence-corrected chi connectivity index (χ2v) is 8.21. The quantitative estimate of drug-likeness (QED) is 0.679. The van der Waals surface area contributed by atoms with Crippen LogP contribution in [0.5, 0.6) is 5.75 Å². The molecule has 2 aliphatic rings. The molecule has 0 aromatic heterocycles. The zero-order chi connectivity index (χ0) is 20.8. The zero-order valence-electron chi connectivity index (χ0n) is 18.1. The van der Waals surface area contributed by atoms with Crippen LogP contribution in [0.2, 0.25) is 0 Å². The third-order valence-electron chi connectivity index (χ3n) is 6.05. The molecule has 1 N–H and O–H groups in total. The smallest absolute Gasteiger partial charge is 0.268 e. The van der Waals surface area contributed by atoms with Gasteiger partial charge in [0.15, 0.2) is 6.10 Å². The number of amides is 2. The minimum atomic E-state index is -0.525. The van der Waals surface area contributed by atoms with Crippen molar-refractivity contribution >= 4 is 17.5 Å². The molecule has 0 aliphatic carbocycles. The van der Waals surface area contributed by atoms with E-state index in [1.807, 2.05) is 32.0 Å². The van der Waals surface area contributed by atoms with Crippen molar-refractivity contribution in [2.24, 2.45) is 0 Å². The summed E-state index contributed by atoms with van der Waals surface area (Å²) in [7, 11) is 0. The van der Waals surface area contributed by atoms with Crippen LogP contribution in [0.25, 0.3) is 0 Å². The lowest BCUT2D eigenvalue weighted by Gasteiger charge is -2.35. The van der Waals surface area contributed by atoms with Crippen LogP contribution in [0.4, 0.5) is 5.69 Å². The van der Waals surface area contributed by atoms with Gasteiger partial charge >= 0.3 is 0 Å². The van der Waals surface area contributed by atoms with Gasteiger partial charge in [-0.15, -0.1) is 0 Å². The lowest BCUT2D eigenvalue weighted by molar-refractivity contribution is -0.129. The van der Waals surface area contributed by atoms with Crippen LogP contribution in [0.15, 0.2) is 18.2 Å². The normalized spacial score (nSPS) is 22.2. The number of rotatable bonds is 8. The number of carbonyl (C=O) groups excluding carboxylic acids is 2. The minimum absolute atomic E-state index is 0.0381. The van der Waals surface area contributed by atoms with E-state index in [4.69, 9.17) is 4.74 Å². The monoisotopic (exact) mass is 401 g/mol. The average molecular weight is 402 g/mol. The number of nitrogens with zero attached hydrogens (tertiary/aromatic N) is 2. The first-order chi connectivity index (χ1) is 14.0. The molecule has 6 nitrogen and oxygen atoms in total. The summed E-state index contributed by atoms with van der Waals surface area (Å²) in [4.78, 5) is 29.5. The molecule has 1 fully saturated rings. The number of nitrogens with one attached hydrogen (secondary N) is 1. The van der Waals surface area contributed by atoms with Crippen molar-refractivity contribution in [3.63, 3.8) is 0 Å². The van der Waals surface area contributed by atoms with Crippen LogP contribution in [0, 0.1) is 6.92 Å². The Balaban J connectivity index is 1.53. The lowest BCUT2D eigenvalue weighted by Crippen LogP contribution is -2.49. The van der Waals surface area contributed by atoms with E-state index in [1.54, 1.807) is 4.90 Å². The van der Waals surface area contributed by atoms with Crippen LogP contribution in [0.3, 0.4) is 0 Å². The second-order valence-electron chi connectivity index (χ2n) is 8.21. The van der Waals surface area contributed by atoms with E-state index >= 15 is 0 Å². The number of piperidine rings is 1. The number of ether oxygens (including phenoxy) is 1. The van der Waals surface area contributed by atoms with Crippen molar-refractivity contribution in [2.75, 3.05) is 31.1 Å². The van der Waals surface area contributed by atoms with Gasteiger partial charge in [0.1, 0.15) is 12.3 Å². The predicted molar refractivity (Wildman–Crippen MR) is 115 cm³/mol. The SMILES string of the molecule is CC[C@@H]1CCCCN1CCCNC(=O)CN1C(=O)[C@@H](CC)Oc2ccc(C)cc21. The van der Waals surface area contributed by atoms with Gasteiger partial charge in [-0.05, 0) is 63.3 Å². The molecule has 160 valence electrons. The number of anilines is 1. The summed E-state index contributed by atoms with van der Waals surface area (Å²) in [5.74, 6) is 0.415. The van der Waals surface area contributed by atoms with Gasteiger partial charge in [-0.3, -0.25) is 14.5 Å². The van der Waals surface area contributed by atoms with E-state index < -0.39 is 6.10 Å². The largest absolute Gasteiger partial charge is 0.478 e. The fraction of sp³-hybridized carbons (Fsp3) is 0.652. The Hall–Kier alpha value is -2.08.